The molecule has 1 saturated carbocycles. The summed E-state index contributed by atoms with van der Waals surface area (Å²) in [5.74, 6) is 1.18. The van der Waals surface area contributed by atoms with Gasteiger partial charge in [-0.1, -0.05) is 25.2 Å². The van der Waals surface area contributed by atoms with Gasteiger partial charge in [-0.25, -0.2) is 0 Å². The molecule has 22 heavy (non-hydrogen) atoms. The van der Waals surface area contributed by atoms with E-state index in [9.17, 15) is 4.79 Å². The Labute approximate surface area is 131 Å². The number of rotatable bonds is 0. The maximum Gasteiger partial charge on any atom is 0.227 e. The van der Waals surface area contributed by atoms with Gasteiger partial charge in [0, 0.05) is 36.4 Å². The molecule has 4 atom stereocenters. The van der Waals surface area contributed by atoms with Crippen molar-refractivity contribution in [1.29, 1.82) is 0 Å². The van der Waals surface area contributed by atoms with Crippen LogP contribution in [0.15, 0.2) is 23.9 Å². The zero-order chi connectivity index (χ0) is 14.9. The second-order valence-corrected chi connectivity index (χ2v) is 7.63. The molecule has 2 bridgehead atoms. The zero-order valence-corrected chi connectivity index (χ0v) is 13.1. The normalized spacial score (nSPS) is 45.0. The number of piperidine rings is 1. The van der Waals surface area contributed by atoms with E-state index in [0.717, 1.165) is 12.8 Å². The van der Waals surface area contributed by atoms with E-state index in [1.165, 1.54) is 12.1 Å². The van der Waals surface area contributed by atoms with Crippen molar-refractivity contribution in [2.45, 2.75) is 38.4 Å². The maximum atomic E-state index is 12.5. The van der Waals surface area contributed by atoms with Crippen LogP contribution in [0, 0.1) is 23.2 Å². The minimum Gasteiger partial charge on any atom is -0.347 e. The highest BCUT2D eigenvalue weighted by Crippen LogP contribution is 2.67. The minimum absolute atomic E-state index is 0.0533. The van der Waals surface area contributed by atoms with Gasteiger partial charge in [0.15, 0.2) is 5.79 Å². The first-order chi connectivity index (χ1) is 10.7. The Bertz CT molecular complexity index is 589. The standard InChI is InChI=1S/C18H23NO3/c1-12-9-13-11-18(21-7-8-22-18)14-3-2-6-19-15(10-12)17(13,14)5-4-16(19)20/h2-3,10,12-14H,4-9,11H2,1H3/t12-,13+,14+,17+/m1/s1. The van der Waals surface area contributed by atoms with Crippen LogP contribution in [0.3, 0.4) is 0 Å². The molecule has 1 amide bonds. The fourth-order valence-corrected chi connectivity index (χ4v) is 5.90. The van der Waals surface area contributed by atoms with Crippen LogP contribution in [-0.4, -0.2) is 36.4 Å². The van der Waals surface area contributed by atoms with Gasteiger partial charge in [-0.2, -0.15) is 0 Å². The highest BCUT2D eigenvalue weighted by Gasteiger charge is 2.68. The van der Waals surface area contributed by atoms with Crippen LogP contribution in [-0.2, 0) is 14.3 Å². The lowest BCUT2D eigenvalue weighted by molar-refractivity contribution is -0.181. The summed E-state index contributed by atoms with van der Waals surface area (Å²) in [4.78, 5) is 14.5. The number of nitrogens with zero attached hydrogens (tertiary/aromatic N) is 1. The minimum atomic E-state index is -0.444. The van der Waals surface area contributed by atoms with Gasteiger partial charge in [0.2, 0.25) is 5.91 Å². The van der Waals surface area contributed by atoms with Gasteiger partial charge >= 0.3 is 0 Å². The second kappa shape index (κ2) is 4.24. The Kier molecular flexibility index (Phi) is 2.56. The summed E-state index contributed by atoms with van der Waals surface area (Å²) in [5, 5.41) is 0. The SMILES string of the molecule is C[C@H]1C=C2N3CC=C[C@@H]4C5(C[C@H](C1)[C@]24CCC3=O)OCCO5. The quantitative estimate of drug-likeness (QED) is 0.645. The molecule has 0 aromatic rings. The molecule has 4 heteroatoms. The number of fused-ring (bicyclic) bond motifs is 1. The van der Waals surface area contributed by atoms with Gasteiger partial charge in [-0.05, 0) is 24.7 Å². The third-order valence-electron chi connectivity index (χ3n) is 6.60. The van der Waals surface area contributed by atoms with E-state index in [-0.39, 0.29) is 17.2 Å². The topological polar surface area (TPSA) is 38.8 Å². The summed E-state index contributed by atoms with van der Waals surface area (Å²) in [6.45, 7) is 4.38. The van der Waals surface area contributed by atoms with E-state index < -0.39 is 5.79 Å². The molecule has 0 N–H and O–H groups in total. The van der Waals surface area contributed by atoms with Gasteiger partial charge in [-0.3, -0.25) is 4.79 Å². The molecule has 118 valence electrons. The molecule has 2 spiro atoms. The first kappa shape index (κ1) is 13.3. The Morgan fingerprint density at radius 1 is 1.32 bits per heavy atom. The van der Waals surface area contributed by atoms with Crippen LogP contribution < -0.4 is 0 Å². The molecular weight excluding hydrogens is 278 g/mol. The van der Waals surface area contributed by atoms with Crippen molar-refractivity contribution in [1.82, 2.24) is 4.90 Å². The lowest BCUT2D eigenvalue weighted by Gasteiger charge is -2.51. The lowest BCUT2D eigenvalue weighted by atomic mass is 9.59. The van der Waals surface area contributed by atoms with Crippen LogP contribution in [0.25, 0.3) is 0 Å². The molecule has 3 fully saturated rings. The molecule has 2 aliphatic carbocycles. The largest absolute Gasteiger partial charge is 0.347 e. The third kappa shape index (κ3) is 1.43. The molecule has 5 aliphatic rings. The number of carbonyl (C=O) groups is 1. The van der Waals surface area contributed by atoms with Gasteiger partial charge in [-0.15, -0.1) is 0 Å². The molecule has 2 saturated heterocycles. The molecule has 0 aromatic carbocycles. The van der Waals surface area contributed by atoms with E-state index in [2.05, 4.69) is 25.2 Å². The third-order valence-corrected chi connectivity index (χ3v) is 6.60. The van der Waals surface area contributed by atoms with Crippen molar-refractivity contribution in [3.8, 4) is 0 Å². The summed E-state index contributed by atoms with van der Waals surface area (Å²) in [5.41, 5.74) is 1.33. The van der Waals surface area contributed by atoms with Crippen LogP contribution in [0.1, 0.15) is 32.6 Å². The predicted molar refractivity (Wildman–Crippen MR) is 80.6 cm³/mol. The fraction of sp³-hybridized carbons (Fsp3) is 0.722. The summed E-state index contributed by atoms with van der Waals surface area (Å²) in [7, 11) is 0. The molecule has 3 heterocycles. The van der Waals surface area contributed by atoms with Gasteiger partial charge < -0.3 is 14.4 Å². The van der Waals surface area contributed by atoms with E-state index in [4.69, 9.17) is 9.47 Å². The Hall–Kier alpha value is -1.13. The molecule has 0 unspecified atom stereocenters. The molecule has 0 radical (unpaired) electrons. The maximum absolute atomic E-state index is 12.5. The highest BCUT2D eigenvalue weighted by atomic mass is 16.7. The Balaban J connectivity index is 1.72. The van der Waals surface area contributed by atoms with E-state index in [1.54, 1.807) is 0 Å². The summed E-state index contributed by atoms with van der Waals surface area (Å²) >= 11 is 0. The zero-order valence-electron chi connectivity index (χ0n) is 13.1. The van der Waals surface area contributed by atoms with Crippen molar-refractivity contribution in [3.05, 3.63) is 23.9 Å². The first-order valence-corrected chi connectivity index (χ1v) is 8.63. The van der Waals surface area contributed by atoms with Crippen molar-refractivity contribution in [2.24, 2.45) is 23.2 Å². The monoisotopic (exact) mass is 301 g/mol. The average Bonchev–Trinajstić information content (AvgIpc) is 3.01. The van der Waals surface area contributed by atoms with Gasteiger partial charge in [0.1, 0.15) is 0 Å². The van der Waals surface area contributed by atoms with Crippen molar-refractivity contribution < 1.29 is 14.3 Å². The lowest BCUT2D eigenvalue weighted by Crippen LogP contribution is -2.51. The van der Waals surface area contributed by atoms with Crippen LogP contribution in [0.5, 0.6) is 0 Å². The Morgan fingerprint density at radius 2 is 2.14 bits per heavy atom. The van der Waals surface area contributed by atoms with Crippen LogP contribution in [0.2, 0.25) is 0 Å². The number of hydrogen-bond acceptors (Lipinski definition) is 3. The average molecular weight is 301 g/mol. The van der Waals surface area contributed by atoms with Crippen molar-refractivity contribution >= 4 is 5.91 Å². The van der Waals surface area contributed by atoms with Gasteiger partial charge in [0.05, 0.1) is 13.2 Å². The van der Waals surface area contributed by atoms with Crippen molar-refractivity contribution in [3.63, 3.8) is 0 Å². The molecule has 5 rings (SSSR count). The van der Waals surface area contributed by atoms with Crippen molar-refractivity contribution in [2.75, 3.05) is 19.8 Å². The second-order valence-electron chi connectivity index (χ2n) is 7.63. The van der Waals surface area contributed by atoms with Crippen LogP contribution in [0.4, 0.5) is 0 Å². The van der Waals surface area contributed by atoms with Gasteiger partial charge in [0.25, 0.3) is 0 Å². The molecule has 0 aromatic heterocycles. The van der Waals surface area contributed by atoms with E-state index in [0.29, 0.717) is 38.0 Å². The fourth-order valence-electron chi connectivity index (χ4n) is 5.90. The Morgan fingerprint density at radius 3 is 2.95 bits per heavy atom. The predicted octanol–water partition coefficient (Wildman–Crippen LogP) is 2.47. The summed E-state index contributed by atoms with van der Waals surface area (Å²) in [6.07, 6.45) is 10.6. The first-order valence-electron chi connectivity index (χ1n) is 8.63. The smallest absolute Gasteiger partial charge is 0.227 e. The molecule has 4 nitrogen and oxygen atoms in total. The number of hydrogen-bond donors (Lipinski definition) is 0. The summed E-state index contributed by atoms with van der Waals surface area (Å²) < 4.78 is 12.4. The van der Waals surface area contributed by atoms with Crippen LogP contribution >= 0.6 is 0 Å². The van der Waals surface area contributed by atoms with E-state index >= 15 is 0 Å². The number of amides is 1. The molecule has 3 aliphatic heterocycles. The number of ether oxygens (including phenoxy) is 2. The highest BCUT2D eigenvalue weighted by molar-refractivity contribution is 5.80. The summed E-state index contributed by atoms with van der Waals surface area (Å²) in [6, 6.07) is 0. The number of carbonyl (C=O) groups excluding carboxylic acids is 1. The number of allylic oxidation sites excluding steroid dienone is 2. The molecular formula is C18H23NO3. The van der Waals surface area contributed by atoms with E-state index in [1.807, 2.05) is 4.90 Å².